The predicted octanol–water partition coefficient (Wildman–Crippen LogP) is 2.16. The molecule has 3 aromatic rings. The molecule has 2 aromatic carbocycles. The van der Waals surface area contributed by atoms with Gasteiger partial charge in [0.25, 0.3) is 0 Å². The van der Waals surface area contributed by atoms with Crippen molar-refractivity contribution >= 4 is 34.4 Å². The van der Waals surface area contributed by atoms with Gasteiger partial charge in [-0.25, -0.2) is 0 Å². The van der Waals surface area contributed by atoms with Crippen LogP contribution in [-0.2, 0) is 16.0 Å². The minimum atomic E-state index is -0.688. The molecule has 0 spiro atoms. The van der Waals surface area contributed by atoms with Gasteiger partial charge in [-0.3, -0.25) is 19.6 Å². The Balaban J connectivity index is 1.59. The van der Waals surface area contributed by atoms with E-state index in [1.54, 1.807) is 6.20 Å². The van der Waals surface area contributed by atoms with E-state index in [2.05, 4.69) is 31.2 Å². The fourth-order valence-corrected chi connectivity index (χ4v) is 4.18. The van der Waals surface area contributed by atoms with E-state index in [1.807, 2.05) is 67.6 Å². The van der Waals surface area contributed by atoms with Crippen molar-refractivity contribution in [3.05, 3.63) is 72.4 Å². The molecule has 0 aliphatic heterocycles. The highest BCUT2D eigenvalue weighted by Crippen LogP contribution is 2.17. The monoisotopic (exact) mass is 546 g/mol. The highest BCUT2D eigenvalue weighted by atomic mass is 16.2. The Hall–Kier alpha value is -4.02. The van der Waals surface area contributed by atoms with E-state index in [0.29, 0.717) is 63.6 Å². The summed E-state index contributed by atoms with van der Waals surface area (Å²) in [5.74, 6) is -0.0350. The number of carbonyl (C=O) groups is 2. The number of carbonyl (C=O) groups excluding carboxylic acids is 2. The molecule has 40 heavy (non-hydrogen) atoms. The molecule has 0 aliphatic rings. The van der Waals surface area contributed by atoms with Gasteiger partial charge >= 0.3 is 0 Å². The number of amides is 2. The van der Waals surface area contributed by atoms with Crippen molar-refractivity contribution < 1.29 is 9.59 Å². The summed E-state index contributed by atoms with van der Waals surface area (Å²) in [5, 5.41) is 13.2. The number of hydrogen-bond donors (Lipinski definition) is 6. The van der Waals surface area contributed by atoms with Crippen LogP contribution in [0.3, 0.4) is 0 Å². The molecule has 0 saturated carbocycles. The van der Waals surface area contributed by atoms with Crippen molar-refractivity contribution in [2.45, 2.75) is 38.6 Å². The van der Waals surface area contributed by atoms with Gasteiger partial charge in [-0.05, 0) is 43.4 Å². The summed E-state index contributed by atoms with van der Waals surface area (Å²) in [6.07, 6.45) is 4.13. The summed E-state index contributed by atoms with van der Waals surface area (Å²) in [6, 6.07) is 18.9. The number of hydrogen-bond acceptors (Lipinski definition) is 6. The summed E-state index contributed by atoms with van der Waals surface area (Å²) in [5.41, 5.74) is 13.7. The van der Waals surface area contributed by atoms with Crippen LogP contribution in [0.15, 0.2) is 71.9 Å². The number of aryl methyl sites for hydroxylation is 1. The molecule has 0 aliphatic carbocycles. The number of nitrogens with two attached hydrogens (primary N) is 2. The highest BCUT2D eigenvalue weighted by molar-refractivity contribution is 5.98. The third kappa shape index (κ3) is 10.3. The molecule has 3 rings (SSSR count). The average Bonchev–Trinajstić information content (AvgIpc) is 2.98. The van der Waals surface area contributed by atoms with E-state index in [1.165, 1.54) is 0 Å². The molecule has 0 bridgehead atoms. The molecule has 2 unspecified atom stereocenters. The van der Waals surface area contributed by atoms with E-state index >= 15 is 0 Å². The van der Waals surface area contributed by atoms with Gasteiger partial charge in [-0.15, -0.1) is 0 Å². The van der Waals surface area contributed by atoms with E-state index in [-0.39, 0.29) is 17.7 Å². The Labute approximate surface area is 236 Å². The number of nitrogens with one attached hydrogen (secondary N) is 4. The maximum atomic E-state index is 13.3. The standard InChI is InChI=1S/C30H42N8O2/c1-22(8-7-17-33-30(34-18-15-31)35-19-16-32)28(39)38-27(14-13-23-9-3-2-4-10-23)29(40)37-25-20-24-11-5-6-12-26(24)36-21-25/h2-6,9-12,20-22,27H,7-8,13-19,31-32H2,1H3,(H,37,40)(H,38,39)(H2,33,34,35). The number of aliphatic imine (C=N–C) groups is 1. The SMILES string of the molecule is CC(CCCN=C(NCCN)NCCN)C(=O)NC(CCc1ccccc1)C(=O)Nc1cnc2ccccc2c1. The maximum Gasteiger partial charge on any atom is 0.247 e. The summed E-state index contributed by atoms with van der Waals surface area (Å²) >= 11 is 0. The van der Waals surface area contributed by atoms with Crippen LogP contribution < -0.4 is 32.7 Å². The second kappa shape index (κ2) is 16.8. The number of nitrogens with zero attached hydrogens (tertiary/aromatic N) is 2. The Morgan fingerprint density at radius 2 is 1.62 bits per heavy atom. The first kappa shape index (κ1) is 30.5. The molecule has 2 atom stereocenters. The second-order valence-corrected chi connectivity index (χ2v) is 9.70. The second-order valence-electron chi connectivity index (χ2n) is 9.70. The number of fused-ring (bicyclic) bond motifs is 1. The first-order valence-corrected chi connectivity index (χ1v) is 13.9. The summed E-state index contributed by atoms with van der Waals surface area (Å²) in [4.78, 5) is 35.4. The minimum absolute atomic E-state index is 0.156. The van der Waals surface area contributed by atoms with Gasteiger partial charge in [0.2, 0.25) is 11.8 Å². The van der Waals surface area contributed by atoms with Gasteiger partial charge in [-0.1, -0.05) is 55.5 Å². The zero-order chi connectivity index (χ0) is 28.6. The molecule has 1 heterocycles. The van der Waals surface area contributed by atoms with Crippen LogP contribution in [0.1, 0.15) is 31.7 Å². The molecule has 0 saturated heterocycles. The van der Waals surface area contributed by atoms with Crippen molar-refractivity contribution in [1.29, 1.82) is 0 Å². The molecule has 214 valence electrons. The number of para-hydroxylation sites is 1. The van der Waals surface area contributed by atoms with Crippen LogP contribution in [0, 0.1) is 5.92 Å². The van der Waals surface area contributed by atoms with Crippen LogP contribution in [0.2, 0.25) is 0 Å². The van der Waals surface area contributed by atoms with Gasteiger partial charge in [0.15, 0.2) is 5.96 Å². The lowest BCUT2D eigenvalue weighted by Crippen LogP contribution is -2.46. The molecule has 10 heteroatoms. The normalized spacial score (nSPS) is 12.3. The molecule has 8 N–H and O–H groups in total. The summed E-state index contributed by atoms with van der Waals surface area (Å²) in [7, 11) is 0. The van der Waals surface area contributed by atoms with Gasteiger partial charge < -0.3 is 32.7 Å². The number of rotatable bonds is 15. The fraction of sp³-hybridized carbons (Fsp3) is 0.400. The predicted molar refractivity (Wildman–Crippen MR) is 162 cm³/mol. The molecular weight excluding hydrogens is 504 g/mol. The smallest absolute Gasteiger partial charge is 0.247 e. The Morgan fingerprint density at radius 1 is 0.925 bits per heavy atom. The lowest BCUT2D eigenvalue weighted by Gasteiger charge is -2.21. The average molecular weight is 547 g/mol. The Kier molecular flexibility index (Phi) is 12.8. The van der Waals surface area contributed by atoms with Gasteiger partial charge in [-0.2, -0.15) is 0 Å². The number of benzene rings is 2. The van der Waals surface area contributed by atoms with Gasteiger partial charge in [0, 0.05) is 44.0 Å². The van der Waals surface area contributed by atoms with E-state index < -0.39 is 6.04 Å². The van der Waals surface area contributed by atoms with Crippen LogP contribution in [0.25, 0.3) is 10.9 Å². The van der Waals surface area contributed by atoms with Crippen molar-refractivity contribution in [2.24, 2.45) is 22.4 Å². The van der Waals surface area contributed by atoms with Crippen molar-refractivity contribution in [1.82, 2.24) is 20.9 Å². The number of guanidine groups is 1. The zero-order valence-corrected chi connectivity index (χ0v) is 23.2. The minimum Gasteiger partial charge on any atom is -0.355 e. The molecule has 1 aromatic heterocycles. The third-order valence-corrected chi connectivity index (χ3v) is 6.44. The van der Waals surface area contributed by atoms with Gasteiger partial charge in [0.05, 0.1) is 17.4 Å². The molecule has 2 amide bonds. The van der Waals surface area contributed by atoms with Crippen molar-refractivity contribution in [3.8, 4) is 0 Å². The lowest BCUT2D eigenvalue weighted by atomic mass is 10.0. The molecule has 0 fully saturated rings. The van der Waals surface area contributed by atoms with E-state index in [0.717, 1.165) is 22.9 Å². The number of anilines is 1. The zero-order valence-electron chi connectivity index (χ0n) is 23.2. The van der Waals surface area contributed by atoms with Crippen LogP contribution in [0.4, 0.5) is 5.69 Å². The Morgan fingerprint density at radius 3 is 2.35 bits per heavy atom. The van der Waals surface area contributed by atoms with Crippen molar-refractivity contribution in [2.75, 3.05) is 38.0 Å². The summed E-state index contributed by atoms with van der Waals surface area (Å²) in [6.45, 7) is 4.63. The molecular formula is C30H42N8O2. The van der Waals surface area contributed by atoms with E-state index in [9.17, 15) is 9.59 Å². The van der Waals surface area contributed by atoms with Crippen LogP contribution in [0.5, 0.6) is 0 Å². The maximum absolute atomic E-state index is 13.3. The first-order chi connectivity index (χ1) is 19.5. The number of pyridine rings is 1. The lowest BCUT2D eigenvalue weighted by molar-refractivity contribution is -0.129. The summed E-state index contributed by atoms with van der Waals surface area (Å²) < 4.78 is 0. The Bertz CT molecular complexity index is 1220. The third-order valence-electron chi connectivity index (χ3n) is 6.44. The van der Waals surface area contributed by atoms with Crippen molar-refractivity contribution in [3.63, 3.8) is 0 Å². The number of aromatic nitrogens is 1. The fourth-order valence-electron chi connectivity index (χ4n) is 4.18. The quantitative estimate of drug-likeness (QED) is 0.0968. The first-order valence-electron chi connectivity index (χ1n) is 13.9. The van der Waals surface area contributed by atoms with Crippen LogP contribution >= 0.6 is 0 Å². The molecule has 10 nitrogen and oxygen atoms in total. The molecule has 0 radical (unpaired) electrons. The highest BCUT2D eigenvalue weighted by Gasteiger charge is 2.23. The van der Waals surface area contributed by atoms with Crippen LogP contribution in [-0.4, -0.2) is 61.5 Å². The largest absolute Gasteiger partial charge is 0.355 e. The van der Waals surface area contributed by atoms with Gasteiger partial charge in [0.1, 0.15) is 6.04 Å². The topological polar surface area (TPSA) is 160 Å². The van der Waals surface area contributed by atoms with E-state index in [4.69, 9.17) is 11.5 Å².